The number of thioether (sulfide) groups is 1. The van der Waals surface area contributed by atoms with E-state index < -0.39 is 11.2 Å². The first kappa shape index (κ1) is 12.4. The fourth-order valence-corrected chi connectivity index (χ4v) is 3.78. The third-order valence-electron chi connectivity index (χ3n) is 2.79. The van der Waals surface area contributed by atoms with Crippen molar-refractivity contribution in [3.63, 3.8) is 0 Å². The van der Waals surface area contributed by atoms with Crippen LogP contribution in [0.15, 0.2) is 29.4 Å². The zero-order valence-corrected chi connectivity index (χ0v) is 11.7. The third kappa shape index (κ3) is 2.08. The molecule has 0 spiro atoms. The van der Waals surface area contributed by atoms with Gasteiger partial charge in [-0.1, -0.05) is 42.2 Å². The zero-order valence-electron chi connectivity index (χ0n) is 10.1. The molecule has 3 rings (SSSR count). The number of thiazole rings is 1. The molecule has 0 aliphatic carbocycles. The number of nitrogens with zero attached hydrogens (tertiary/aromatic N) is 3. The van der Waals surface area contributed by atoms with Crippen molar-refractivity contribution < 1.29 is 9.90 Å². The lowest BCUT2D eigenvalue weighted by molar-refractivity contribution is -0.304. The molecule has 1 unspecified atom stereocenters. The Morgan fingerprint density at radius 2 is 2.26 bits per heavy atom. The summed E-state index contributed by atoms with van der Waals surface area (Å²) >= 11 is 2.72. The molecule has 2 aromatic heterocycles. The van der Waals surface area contributed by atoms with Gasteiger partial charge in [0.15, 0.2) is 5.16 Å². The van der Waals surface area contributed by atoms with E-state index in [9.17, 15) is 9.90 Å². The second kappa shape index (κ2) is 4.82. The lowest BCUT2D eigenvalue weighted by Crippen LogP contribution is -2.33. The molecule has 3 aromatic rings. The number of aliphatic carboxylic acids is 1. The number of benzene rings is 1. The molecule has 0 saturated heterocycles. The number of hydrogen-bond acceptors (Lipinski definition) is 6. The number of aromatic nitrogens is 3. The fourth-order valence-electron chi connectivity index (χ4n) is 1.86. The van der Waals surface area contributed by atoms with E-state index in [0.717, 1.165) is 15.2 Å². The second-order valence-corrected chi connectivity index (χ2v) is 6.18. The van der Waals surface area contributed by atoms with E-state index in [2.05, 4.69) is 10.2 Å². The van der Waals surface area contributed by atoms with Crippen LogP contribution in [0.25, 0.3) is 15.2 Å². The van der Waals surface area contributed by atoms with E-state index in [1.54, 1.807) is 0 Å². The van der Waals surface area contributed by atoms with E-state index in [0.29, 0.717) is 11.6 Å². The number of rotatable bonds is 4. The topological polar surface area (TPSA) is 70.3 Å². The summed E-state index contributed by atoms with van der Waals surface area (Å²) in [5.41, 5.74) is 1.00. The van der Waals surface area contributed by atoms with Gasteiger partial charge in [0.2, 0.25) is 4.96 Å². The highest BCUT2D eigenvalue weighted by molar-refractivity contribution is 8.00. The quantitative estimate of drug-likeness (QED) is 0.683. The van der Waals surface area contributed by atoms with Gasteiger partial charge in [0.25, 0.3) is 0 Å². The standard InChI is InChI=1S/C12H11N3O2S2/c1-2-8(10(16)17)18-11-13-14-12-15(11)7-5-3-4-6-9(7)19-12/h3-6,8H,2H2,1H3,(H,16,17)/p-1. The van der Waals surface area contributed by atoms with Crippen LogP contribution in [0.1, 0.15) is 13.3 Å². The van der Waals surface area contributed by atoms with Gasteiger partial charge < -0.3 is 9.90 Å². The summed E-state index contributed by atoms with van der Waals surface area (Å²) in [5.74, 6) is -1.07. The Balaban J connectivity index is 2.11. The highest BCUT2D eigenvalue weighted by Crippen LogP contribution is 2.31. The van der Waals surface area contributed by atoms with Crippen molar-refractivity contribution >= 4 is 44.2 Å². The van der Waals surface area contributed by atoms with Gasteiger partial charge in [-0.25, -0.2) is 0 Å². The van der Waals surface area contributed by atoms with Gasteiger partial charge in [0.1, 0.15) is 0 Å². The maximum atomic E-state index is 11.0. The van der Waals surface area contributed by atoms with Crippen LogP contribution in [0.3, 0.4) is 0 Å². The largest absolute Gasteiger partial charge is 0.549 e. The average molecular weight is 292 g/mol. The highest BCUT2D eigenvalue weighted by Gasteiger charge is 2.17. The molecule has 0 radical (unpaired) electrons. The van der Waals surface area contributed by atoms with Crippen LogP contribution in [0.4, 0.5) is 0 Å². The number of fused-ring (bicyclic) bond motifs is 3. The van der Waals surface area contributed by atoms with Crippen molar-refractivity contribution in [2.24, 2.45) is 0 Å². The molecule has 0 N–H and O–H groups in total. The first-order chi connectivity index (χ1) is 9.20. The van der Waals surface area contributed by atoms with Crippen LogP contribution in [0, 0.1) is 0 Å². The molecular formula is C12H10N3O2S2-. The number of para-hydroxylation sites is 1. The van der Waals surface area contributed by atoms with E-state index in [4.69, 9.17) is 0 Å². The van der Waals surface area contributed by atoms with Crippen molar-refractivity contribution in [1.82, 2.24) is 14.6 Å². The lowest BCUT2D eigenvalue weighted by atomic mass is 10.3. The summed E-state index contributed by atoms with van der Waals surface area (Å²) in [5, 5.41) is 19.2. The SMILES string of the molecule is CCC(Sc1nnc2sc3ccccc3n12)C(=O)[O-]. The molecule has 0 aliphatic rings. The van der Waals surface area contributed by atoms with Crippen molar-refractivity contribution in [3.8, 4) is 0 Å². The Bertz CT molecular complexity index is 750. The molecule has 0 amide bonds. The number of carboxylic acid groups (broad SMARTS) is 1. The van der Waals surface area contributed by atoms with Gasteiger partial charge in [0, 0.05) is 0 Å². The maximum Gasteiger partial charge on any atom is 0.217 e. The van der Waals surface area contributed by atoms with Crippen LogP contribution in [-0.4, -0.2) is 25.8 Å². The van der Waals surface area contributed by atoms with Crippen LogP contribution in [0.5, 0.6) is 0 Å². The average Bonchev–Trinajstić information content (AvgIpc) is 2.94. The zero-order chi connectivity index (χ0) is 13.4. The van der Waals surface area contributed by atoms with E-state index >= 15 is 0 Å². The van der Waals surface area contributed by atoms with E-state index in [-0.39, 0.29) is 0 Å². The molecule has 0 aliphatic heterocycles. The Morgan fingerprint density at radius 1 is 1.47 bits per heavy atom. The van der Waals surface area contributed by atoms with Crippen molar-refractivity contribution in [1.29, 1.82) is 0 Å². The molecule has 98 valence electrons. The van der Waals surface area contributed by atoms with Gasteiger partial charge in [0.05, 0.1) is 21.4 Å². The Morgan fingerprint density at radius 3 is 3.00 bits per heavy atom. The van der Waals surface area contributed by atoms with Gasteiger partial charge in [-0.2, -0.15) is 0 Å². The predicted octanol–water partition coefficient (Wildman–Crippen LogP) is 1.56. The molecule has 19 heavy (non-hydrogen) atoms. The van der Waals surface area contributed by atoms with Crippen LogP contribution in [-0.2, 0) is 4.79 Å². The summed E-state index contributed by atoms with van der Waals surface area (Å²) in [6.45, 7) is 1.82. The summed E-state index contributed by atoms with van der Waals surface area (Å²) in [7, 11) is 0. The lowest BCUT2D eigenvalue weighted by Gasteiger charge is -2.13. The van der Waals surface area contributed by atoms with Crippen molar-refractivity contribution in [2.45, 2.75) is 23.8 Å². The molecule has 1 atom stereocenters. The highest BCUT2D eigenvalue weighted by atomic mass is 32.2. The number of carboxylic acids is 1. The monoisotopic (exact) mass is 292 g/mol. The molecule has 5 nitrogen and oxygen atoms in total. The molecule has 2 heterocycles. The van der Waals surface area contributed by atoms with Crippen LogP contribution in [0.2, 0.25) is 0 Å². The Labute approximate surface area is 117 Å². The first-order valence-corrected chi connectivity index (χ1v) is 7.50. The fraction of sp³-hybridized carbons (Fsp3) is 0.250. The third-order valence-corrected chi connectivity index (χ3v) is 5.09. The summed E-state index contributed by atoms with van der Waals surface area (Å²) in [6, 6.07) is 7.90. The Kier molecular flexibility index (Phi) is 3.16. The first-order valence-electron chi connectivity index (χ1n) is 5.81. The van der Waals surface area contributed by atoms with Crippen LogP contribution < -0.4 is 5.11 Å². The maximum absolute atomic E-state index is 11.0. The smallest absolute Gasteiger partial charge is 0.217 e. The summed E-state index contributed by atoms with van der Waals surface area (Å²) in [6.07, 6.45) is 0.490. The summed E-state index contributed by atoms with van der Waals surface area (Å²) in [4.78, 5) is 11.8. The Hall–Kier alpha value is -1.60. The normalized spacial score (nSPS) is 13.1. The molecule has 0 saturated carbocycles. The second-order valence-electron chi connectivity index (χ2n) is 4.00. The minimum atomic E-state index is -1.07. The summed E-state index contributed by atoms with van der Waals surface area (Å²) < 4.78 is 3.01. The van der Waals surface area contributed by atoms with Gasteiger partial charge in [-0.15, -0.1) is 10.2 Å². The van der Waals surface area contributed by atoms with Gasteiger partial charge in [-0.3, -0.25) is 4.40 Å². The predicted molar refractivity (Wildman–Crippen MR) is 73.3 cm³/mol. The van der Waals surface area contributed by atoms with Gasteiger partial charge >= 0.3 is 0 Å². The number of hydrogen-bond donors (Lipinski definition) is 0. The number of carbonyl (C=O) groups excluding carboxylic acids is 1. The van der Waals surface area contributed by atoms with E-state index in [1.807, 2.05) is 35.6 Å². The minimum absolute atomic E-state index is 0.490. The molecule has 1 aromatic carbocycles. The molecular weight excluding hydrogens is 282 g/mol. The van der Waals surface area contributed by atoms with Crippen molar-refractivity contribution in [2.75, 3.05) is 0 Å². The van der Waals surface area contributed by atoms with E-state index in [1.165, 1.54) is 23.1 Å². The van der Waals surface area contributed by atoms with Gasteiger partial charge in [-0.05, 0) is 18.6 Å². The minimum Gasteiger partial charge on any atom is -0.549 e. The van der Waals surface area contributed by atoms with Crippen LogP contribution >= 0.6 is 23.1 Å². The molecule has 0 fully saturated rings. The molecule has 0 bridgehead atoms. The molecule has 7 heteroatoms. The number of carbonyl (C=O) groups is 1. The van der Waals surface area contributed by atoms with Crippen molar-refractivity contribution in [3.05, 3.63) is 24.3 Å².